The molecule has 0 aliphatic rings. The van der Waals surface area contributed by atoms with Crippen LogP contribution in [0.1, 0.15) is 25.7 Å². The highest BCUT2D eigenvalue weighted by molar-refractivity contribution is 5.94. The Morgan fingerprint density at radius 3 is 2.18 bits per heavy atom. The van der Waals surface area contributed by atoms with Crippen LogP contribution in [0.2, 0.25) is 0 Å². The van der Waals surface area contributed by atoms with Gasteiger partial charge in [0.15, 0.2) is 0 Å². The van der Waals surface area contributed by atoms with Gasteiger partial charge in [0.25, 0.3) is 0 Å². The number of amides is 4. The van der Waals surface area contributed by atoms with Gasteiger partial charge >= 0.3 is 5.97 Å². The summed E-state index contributed by atoms with van der Waals surface area (Å²) in [7, 11) is 3.14. The van der Waals surface area contributed by atoms with Crippen molar-refractivity contribution in [2.24, 2.45) is 0 Å². The van der Waals surface area contributed by atoms with E-state index >= 15 is 0 Å². The molecule has 0 radical (unpaired) electrons. The molecule has 0 fully saturated rings. The Morgan fingerprint density at radius 1 is 0.970 bits per heavy atom. The summed E-state index contributed by atoms with van der Waals surface area (Å²) >= 11 is 0. The zero-order valence-electron chi connectivity index (χ0n) is 18.7. The van der Waals surface area contributed by atoms with Gasteiger partial charge in [-0.05, 0) is 33.5 Å². The van der Waals surface area contributed by atoms with Crippen LogP contribution in [-0.2, 0) is 28.8 Å². The van der Waals surface area contributed by atoms with Gasteiger partial charge in [0.1, 0.15) is 18.4 Å². The molecule has 3 atom stereocenters. The van der Waals surface area contributed by atoms with E-state index in [0.717, 1.165) is 0 Å². The van der Waals surface area contributed by atoms with E-state index < -0.39 is 60.7 Å². The van der Waals surface area contributed by atoms with Gasteiger partial charge in [-0.15, -0.1) is 12.3 Å². The summed E-state index contributed by atoms with van der Waals surface area (Å²) in [6, 6.07) is -3.16. The first-order valence-corrected chi connectivity index (χ1v) is 10.3. The van der Waals surface area contributed by atoms with Crippen LogP contribution in [0.5, 0.6) is 0 Å². The molecule has 0 rings (SSSR count). The van der Waals surface area contributed by atoms with Crippen LogP contribution < -0.4 is 31.9 Å². The Labute approximate surface area is 192 Å². The Bertz CT molecular complexity index is 737. The number of likely N-dealkylation sites (N-methyl/N-ethyl adjacent to an activating group) is 1. The number of carbonyl (C=O) groups is 6. The second-order valence-electron chi connectivity index (χ2n) is 6.90. The predicted octanol–water partition coefficient (Wildman–Crippen LogP) is -3.53. The lowest BCUT2D eigenvalue weighted by Crippen LogP contribution is -2.55. The summed E-state index contributed by atoms with van der Waals surface area (Å²) in [5.41, 5.74) is 0. The molecule has 13 nitrogen and oxygen atoms in total. The van der Waals surface area contributed by atoms with Crippen LogP contribution >= 0.6 is 0 Å². The van der Waals surface area contributed by atoms with Gasteiger partial charge in [-0.3, -0.25) is 24.0 Å². The number of aliphatic carboxylic acids is 1. The Kier molecular flexibility index (Phi) is 15.3. The van der Waals surface area contributed by atoms with Gasteiger partial charge in [0.2, 0.25) is 23.6 Å². The van der Waals surface area contributed by atoms with E-state index in [1.165, 1.54) is 7.05 Å². The van der Waals surface area contributed by atoms with E-state index in [-0.39, 0.29) is 19.4 Å². The summed E-state index contributed by atoms with van der Waals surface area (Å²) in [5, 5.41) is 23.8. The maximum absolute atomic E-state index is 12.7. The van der Waals surface area contributed by atoms with E-state index in [1.54, 1.807) is 7.05 Å². The molecule has 7 N–H and O–H groups in total. The molecule has 33 heavy (non-hydrogen) atoms. The van der Waals surface area contributed by atoms with Crippen LogP contribution in [-0.4, -0.2) is 92.8 Å². The summed E-state index contributed by atoms with van der Waals surface area (Å²) < 4.78 is 0. The van der Waals surface area contributed by atoms with Crippen molar-refractivity contribution in [3.05, 3.63) is 0 Å². The fourth-order valence-electron chi connectivity index (χ4n) is 2.65. The largest absolute Gasteiger partial charge is 0.481 e. The van der Waals surface area contributed by atoms with Crippen molar-refractivity contribution in [2.45, 2.75) is 43.8 Å². The molecule has 184 valence electrons. The topological polar surface area (TPSA) is 195 Å². The second kappa shape index (κ2) is 17.1. The molecular weight excluding hydrogens is 436 g/mol. The first kappa shape index (κ1) is 29.5. The SMILES string of the molecule is C#CC[C@H](NC(=O)CNC(=O)C(CC(=O)O)NC)C(=O)NC(CCCNC)C(=O)NCC=O. The van der Waals surface area contributed by atoms with Gasteiger partial charge in [-0.1, -0.05) is 0 Å². The van der Waals surface area contributed by atoms with Crippen LogP contribution in [0.15, 0.2) is 0 Å². The van der Waals surface area contributed by atoms with Gasteiger partial charge in [-0.25, -0.2) is 0 Å². The minimum Gasteiger partial charge on any atom is -0.481 e. The van der Waals surface area contributed by atoms with Crippen molar-refractivity contribution in [2.75, 3.05) is 33.7 Å². The summed E-state index contributed by atoms with van der Waals surface area (Å²) in [4.78, 5) is 70.4. The lowest BCUT2D eigenvalue weighted by Gasteiger charge is -2.22. The van der Waals surface area contributed by atoms with Gasteiger partial charge in [-0.2, -0.15) is 0 Å². The van der Waals surface area contributed by atoms with E-state index in [1.807, 2.05) is 0 Å². The first-order chi connectivity index (χ1) is 15.7. The number of nitrogens with one attached hydrogen (secondary N) is 6. The van der Waals surface area contributed by atoms with Crippen molar-refractivity contribution in [1.82, 2.24) is 31.9 Å². The highest BCUT2D eigenvalue weighted by Gasteiger charge is 2.26. The molecule has 0 saturated heterocycles. The molecule has 0 bridgehead atoms. The van der Waals surface area contributed by atoms with E-state index in [4.69, 9.17) is 11.5 Å². The minimum absolute atomic E-state index is 0.178. The van der Waals surface area contributed by atoms with E-state index in [0.29, 0.717) is 19.3 Å². The van der Waals surface area contributed by atoms with Crippen molar-refractivity contribution in [3.8, 4) is 12.3 Å². The molecule has 0 aromatic carbocycles. The standard InChI is InChI=1S/C20H32N6O7/c1-4-6-13(25-16(28)12-24-19(32)15(22-3)11-17(29)30)20(33)26-14(7-5-8-21-2)18(31)23-9-10-27/h1,10,13-15,21-22H,5-9,11-12H2,2-3H3,(H,23,31)(H,24,32)(H,25,28)(H,26,33)(H,29,30)/t13-,14?,15?/m0/s1. The maximum atomic E-state index is 12.7. The minimum atomic E-state index is -1.19. The lowest BCUT2D eigenvalue weighted by atomic mass is 10.1. The third-order valence-corrected chi connectivity index (χ3v) is 4.35. The molecule has 13 heteroatoms. The van der Waals surface area contributed by atoms with Crippen molar-refractivity contribution < 1.29 is 33.9 Å². The van der Waals surface area contributed by atoms with Crippen molar-refractivity contribution in [3.63, 3.8) is 0 Å². The Balaban J connectivity index is 5.01. The molecule has 2 unspecified atom stereocenters. The number of rotatable bonds is 17. The van der Waals surface area contributed by atoms with Crippen LogP contribution in [0.4, 0.5) is 0 Å². The Hall–Kier alpha value is -3.50. The molecule has 0 heterocycles. The third-order valence-electron chi connectivity index (χ3n) is 4.35. The normalized spacial score (nSPS) is 12.9. The number of carboxylic acid groups (broad SMARTS) is 1. The summed E-state index contributed by atoms with van der Waals surface area (Å²) in [6.45, 7) is -0.139. The van der Waals surface area contributed by atoms with Gasteiger partial charge in [0, 0.05) is 6.42 Å². The predicted molar refractivity (Wildman–Crippen MR) is 118 cm³/mol. The summed E-state index contributed by atoms with van der Waals surface area (Å²) in [6.07, 6.45) is 5.96. The highest BCUT2D eigenvalue weighted by atomic mass is 16.4. The lowest BCUT2D eigenvalue weighted by molar-refractivity contribution is -0.140. The monoisotopic (exact) mass is 468 g/mol. The Morgan fingerprint density at radius 2 is 1.64 bits per heavy atom. The molecule has 0 aromatic heterocycles. The second-order valence-corrected chi connectivity index (χ2v) is 6.90. The molecular formula is C20H32N6O7. The molecule has 0 aromatic rings. The van der Waals surface area contributed by atoms with Gasteiger partial charge < -0.3 is 41.8 Å². The molecule has 4 amide bonds. The number of aldehydes is 1. The van der Waals surface area contributed by atoms with Crippen LogP contribution in [0.3, 0.4) is 0 Å². The number of carbonyl (C=O) groups excluding carboxylic acids is 5. The number of hydrogen-bond acceptors (Lipinski definition) is 8. The number of hydrogen-bond donors (Lipinski definition) is 7. The summed E-state index contributed by atoms with van der Waals surface area (Å²) in [5.74, 6) is -1.63. The average molecular weight is 469 g/mol. The zero-order valence-corrected chi connectivity index (χ0v) is 18.7. The van der Waals surface area contributed by atoms with Gasteiger partial charge in [0.05, 0.1) is 25.6 Å². The average Bonchev–Trinajstić information content (AvgIpc) is 2.78. The number of carboxylic acids is 1. The molecule has 0 aliphatic carbocycles. The van der Waals surface area contributed by atoms with E-state index in [9.17, 15) is 28.8 Å². The fraction of sp³-hybridized carbons (Fsp3) is 0.600. The molecule has 0 saturated carbocycles. The molecule has 0 spiro atoms. The zero-order chi connectivity index (χ0) is 25.2. The van der Waals surface area contributed by atoms with Crippen molar-refractivity contribution >= 4 is 35.9 Å². The van der Waals surface area contributed by atoms with Crippen LogP contribution in [0, 0.1) is 12.3 Å². The maximum Gasteiger partial charge on any atom is 0.305 e. The number of terminal acetylenes is 1. The smallest absolute Gasteiger partial charge is 0.305 e. The molecule has 0 aliphatic heterocycles. The fourth-order valence-corrected chi connectivity index (χ4v) is 2.65. The van der Waals surface area contributed by atoms with E-state index in [2.05, 4.69) is 37.8 Å². The first-order valence-electron chi connectivity index (χ1n) is 10.3. The highest BCUT2D eigenvalue weighted by Crippen LogP contribution is 2.00. The third kappa shape index (κ3) is 12.8. The quantitative estimate of drug-likeness (QED) is 0.0643. The van der Waals surface area contributed by atoms with Crippen LogP contribution in [0.25, 0.3) is 0 Å². The van der Waals surface area contributed by atoms with Crippen molar-refractivity contribution in [1.29, 1.82) is 0 Å².